The van der Waals surface area contributed by atoms with Crippen molar-refractivity contribution in [2.24, 2.45) is 11.8 Å². The second-order valence-corrected chi connectivity index (χ2v) is 9.08. The highest BCUT2D eigenvalue weighted by atomic mass is 33.5. The maximum absolute atomic E-state index is 4.36. The molecule has 13 heavy (non-hydrogen) atoms. The summed E-state index contributed by atoms with van der Waals surface area (Å²) in [6, 6.07) is 0. The molecular formula is C9H21NS3. The van der Waals surface area contributed by atoms with E-state index < -0.39 is 0 Å². The minimum Gasteiger partial charge on any atom is -0.294 e. The molecule has 1 saturated heterocycles. The molecule has 0 radical (unpaired) electrons. The molecule has 0 aromatic rings. The molecule has 0 saturated carbocycles. The first-order valence-electron chi connectivity index (χ1n) is 4.97. The first-order chi connectivity index (χ1) is 6.09. The van der Waals surface area contributed by atoms with E-state index in [1.165, 1.54) is 25.9 Å². The van der Waals surface area contributed by atoms with Gasteiger partial charge in [0.1, 0.15) is 0 Å². The Labute approximate surface area is 94.6 Å². The molecule has 1 heterocycles. The summed E-state index contributed by atoms with van der Waals surface area (Å²) in [6.07, 6.45) is 2.73. The maximum Gasteiger partial charge on any atom is 0.0427 e. The van der Waals surface area contributed by atoms with Crippen LogP contribution < -0.4 is 0 Å². The van der Waals surface area contributed by atoms with E-state index in [2.05, 4.69) is 42.1 Å². The topological polar surface area (TPSA) is 3.24 Å². The Morgan fingerprint density at radius 1 is 1.31 bits per heavy atom. The van der Waals surface area contributed by atoms with Crippen molar-refractivity contribution in [2.75, 3.05) is 19.0 Å². The highest BCUT2D eigenvalue weighted by Crippen LogP contribution is 2.36. The van der Waals surface area contributed by atoms with Gasteiger partial charge in [0.25, 0.3) is 0 Å². The van der Waals surface area contributed by atoms with E-state index >= 15 is 0 Å². The summed E-state index contributed by atoms with van der Waals surface area (Å²) >= 11 is 8.72. The molecule has 0 aromatic carbocycles. The van der Waals surface area contributed by atoms with Crippen LogP contribution in [0.15, 0.2) is 0 Å². The van der Waals surface area contributed by atoms with Crippen LogP contribution in [0.25, 0.3) is 0 Å². The molecule has 1 nitrogen and oxygen atoms in total. The largest absolute Gasteiger partial charge is 0.294 e. The fourth-order valence-electron chi connectivity index (χ4n) is 1.94. The summed E-state index contributed by atoms with van der Waals surface area (Å²) in [6.45, 7) is 7.18. The van der Waals surface area contributed by atoms with Gasteiger partial charge in [-0.2, -0.15) is 0 Å². The van der Waals surface area contributed by atoms with Crippen molar-refractivity contribution in [1.29, 1.82) is 0 Å². The Balaban J connectivity index is 2.22. The molecule has 80 valence electrons. The molecule has 1 aliphatic heterocycles. The molecule has 0 bridgehead atoms. The first-order valence-corrected chi connectivity index (χ1v) is 8.80. The molecule has 0 aromatic heterocycles. The van der Waals surface area contributed by atoms with Gasteiger partial charge in [-0.15, -0.1) is 32.3 Å². The van der Waals surface area contributed by atoms with E-state index in [9.17, 15) is 0 Å². The van der Waals surface area contributed by atoms with Crippen LogP contribution in [0.4, 0.5) is 0 Å². The molecule has 1 aliphatic rings. The van der Waals surface area contributed by atoms with Crippen LogP contribution in [0.1, 0.15) is 26.7 Å². The van der Waals surface area contributed by atoms with E-state index in [1.54, 1.807) is 0 Å². The van der Waals surface area contributed by atoms with Gasteiger partial charge in [-0.3, -0.25) is 4.90 Å². The van der Waals surface area contributed by atoms with Crippen molar-refractivity contribution in [3.8, 4) is 0 Å². The summed E-state index contributed by atoms with van der Waals surface area (Å²) < 4.78 is 0. The monoisotopic (exact) mass is 239 g/mol. The number of thiol groups is 3. The molecule has 0 atom stereocenters. The summed E-state index contributed by atoms with van der Waals surface area (Å²) in [4.78, 5) is 2.50. The quantitative estimate of drug-likeness (QED) is 0.504. The Hall–Kier alpha value is 1.01. The van der Waals surface area contributed by atoms with Crippen molar-refractivity contribution in [2.45, 2.75) is 26.7 Å². The van der Waals surface area contributed by atoms with Gasteiger partial charge >= 0.3 is 0 Å². The third-order valence-corrected chi connectivity index (χ3v) is 4.31. The number of nitrogens with zero attached hydrogens (tertiary/aromatic N) is 1. The Kier molecular flexibility index (Phi) is 5.38. The molecule has 1 rings (SSSR count). The van der Waals surface area contributed by atoms with Gasteiger partial charge in [-0.1, -0.05) is 13.8 Å². The summed E-state index contributed by atoms with van der Waals surface area (Å²) in [7, 11) is -0.338. The van der Waals surface area contributed by atoms with E-state index in [-0.39, 0.29) is 8.96 Å². The zero-order chi connectivity index (χ0) is 9.84. The Morgan fingerprint density at radius 3 is 2.23 bits per heavy atom. The van der Waals surface area contributed by atoms with Crippen LogP contribution in [0.5, 0.6) is 0 Å². The summed E-state index contributed by atoms with van der Waals surface area (Å²) in [5.41, 5.74) is 0. The lowest BCUT2D eigenvalue weighted by Crippen LogP contribution is -2.35. The average Bonchev–Trinajstić information content (AvgIpc) is 2.04. The molecule has 4 heteroatoms. The molecular weight excluding hydrogens is 218 g/mol. The predicted octanol–water partition coefficient (Wildman–Crippen LogP) is 3.00. The Bertz CT molecular complexity index is 142. The van der Waals surface area contributed by atoms with Crippen LogP contribution in [0, 0.1) is 11.8 Å². The van der Waals surface area contributed by atoms with Gasteiger partial charge in [0.15, 0.2) is 0 Å². The van der Waals surface area contributed by atoms with Gasteiger partial charge in [0.05, 0.1) is 0 Å². The number of hydrogen-bond acceptors (Lipinski definition) is 3. The van der Waals surface area contributed by atoms with E-state index in [4.69, 9.17) is 0 Å². The second kappa shape index (κ2) is 5.79. The molecule has 0 amide bonds. The van der Waals surface area contributed by atoms with Crippen LogP contribution in [-0.2, 0) is 0 Å². The predicted molar refractivity (Wildman–Crippen MR) is 71.0 cm³/mol. The lowest BCUT2D eigenvalue weighted by atomic mass is 9.87. The van der Waals surface area contributed by atoms with Crippen LogP contribution in [0.3, 0.4) is 0 Å². The van der Waals surface area contributed by atoms with Crippen LogP contribution in [0.2, 0.25) is 0 Å². The standard InChI is InChI=1S/C9H21NS3/c1-8(2)9-3-5-10(6-4-9)7-13(11)12/h8-9,11-13H,3-7H2,1-2H3. The number of hydrogen-bond donors (Lipinski definition) is 3. The molecule has 0 unspecified atom stereocenters. The van der Waals surface area contributed by atoms with Gasteiger partial charge in [0, 0.05) is 5.88 Å². The van der Waals surface area contributed by atoms with Crippen LogP contribution >= 0.6 is 32.3 Å². The zero-order valence-electron chi connectivity index (χ0n) is 8.48. The maximum atomic E-state index is 4.36. The highest BCUT2D eigenvalue weighted by Gasteiger charge is 2.21. The molecule has 1 fully saturated rings. The Morgan fingerprint density at radius 2 is 1.85 bits per heavy atom. The van der Waals surface area contributed by atoms with E-state index in [1.807, 2.05) is 0 Å². The number of likely N-dealkylation sites (tertiary alicyclic amines) is 1. The minimum atomic E-state index is -0.338. The van der Waals surface area contributed by atoms with Crippen molar-refractivity contribution in [1.82, 2.24) is 4.90 Å². The van der Waals surface area contributed by atoms with E-state index in [0.29, 0.717) is 0 Å². The van der Waals surface area contributed by atoms with Gasteiger partial charge in [-0.25, -0.2) is 0 Å². The molecule has 0 aliphatic carbocycles. The molecule has 0 spiro atoms. The lowest BCUT2D eigenvalue weighted by molar-refractivity contribution is 0.179. The van der Waals surface area contributed by atoms with Crippen molar-refractivity contribution in [3.63, 3.8) is 0 Å². The average molecular weight is 239 g/mol. The summed E-state index contributed by atoms with van der Waals surface area (Å²) in [5, 5.41) is 0. The normalized spacial score (nSPS) is 22.4. The zero-order valence-corrected chi connectivity index (χ0v) is 11.2. The van der Waals surface area contributed by atoms with E-state index in [0.717, 1.165) is 17.7 Å². The third-order valence-electron chi connectivity index (χ3n) is 2.90. The van der Waals surface area contributed by atoms with Crippen LogP contribution in [-0.4, -0.2) is 23.9 Å². The fourth-order valence-corrected chi connectivity index (χ4v) is 3.65. The van der Waals surface area contributed by atoms with Crippen molar-refractivity contribution in [3.05, 3.63) is 0 Å². The minimum absolute atomic E-state index is 0.338. The van der Waals surface area contributed by atoms with Crippen molar-refractivity contribution < 1.29 is 0 Å². The fraction of sp³-hybridized carbons (Fsp3) is 1.00. The van der Waals surface area contributed by atoms with Gasteiger partial charge < -0.3 is 0 Å². The second-order valence-electron chi connectivity index (χ2n) is 4.21. The smallest absolute Gasteiger partial charge is 0.0427 e. The SMILES string of the molecule is CC(C)C1CCN(C[SH](S)S)CC1. The van der Waals surface area contributed by atoms with Crippen molar-refractivity contribution >= 4 is 32.3 Å². The van der Waals surface area contributed by atoms with Gasteiger partial charge in [0.2, 0.25) is 0 Å². The van der Waals surface area contributed by atoms with Gasteiger partial charge in [-0.05, 0) is 37.8 Å². The highest BCUT2D eigenvalue weighted by molar-refractivity contribution is 9.09. The first kappa shape index (κ1) is 12.1. The lowest BCUT2D eigenvalue weighted by Gasteiger charge is -2.34. The molecule has 0 N–H and O–H groups in total. The number of rotatable bonds is 3. The third kappa shape index (κ3) is 4.36. The number of piperidine rings is 1. The summed E-state index contributed by atoms with van der Waals surface area (Å²) in [5.74, 6) is 2.89.